The van der Waals surface area contributed by atoms with E-state index in [2.05, 4.69) is 16.7 Å². The first-order chi connectivity index (χ1) is 13.4. The van der Waals surface area contributed by atoms with Gasteiger partial charge in [0.25, 0.3) is 0 Å². The maximum absolute atomic E-state index is 13.7. The second kappa shape index (κ2) is 8.61. The Labute approximate surface area is 178 Å². The summed E-state index contributed by atoms with van der Waals surface area (Å²) in [5.74, 6) is -0.132. The standard InChI is InChI=1S/C17H12Cl3F4N5/c1-8(15(20)21)13-12(6-25)27-29(16(13)26-7-28(2)3)14-10(18)4-9(5-11(14)19)17(22,23)24/h4-5,7,15H,1H2,2-3H3/b26-7-. The Morgan fingerprint density at radius 1 is 1.34 bits per heavy atom. The minimum atomic E-state index is -4.68. The predicted octanol–water partition coefficient (Wildman–Crippen LogP) is 5.84. The van der Waals surface area contributed by atoms with Gasteiger partial charge < -0.3 is 4.90 Å². The zero-order valence-electron chi connectivity index (χ0n) is 14.9. The Hall–Kier alpha value is -2.28. The van der Waals surface area contributed by atoms with Gasteiger partial charge in [0.2, 0.25) is 0 Å². The first-order valence-corrected chi connectivity index (χ1v) is 8.85. The summed E-state index contributed by atoms with van der Waals surface area (Å²) >= 11 is 17.6. The van der Waals surface area contributed by atoms with Crippen molar-refractivity contribution in [1.29, 1.82) is 5.26 Å². The second-order valence-corrected chi connectivity index (χ2v) is 7.09. The Morgan fingerprint density at radius 3 is 2.31 bits per heavy atom. The van der Waals surface area contributed by atoms with E-state index in [4.69, 9.17) is 34.8 Å². The lowest BCUT2D eigenvalue weighted by Crippen LogP contribution is -2.09. The molecule has 0 bridgehead atoms. The minimum Gasteiger partial charge on any atom is -0.369 e. The zero-order valence-corrected chi connectivity index (χ0v) is 17.2. The largest absolute Gasteiger partial charge is 0.416 e. The van der Waals surface area contributed by atoms with Crippen molar-refractivity contribution in [3.8, 4) is 11.8 Å². The van der Waals surface area contributed by atoms with Crippen LogP contribution in [0.15, 0.2) is 23.7 Å². The summed E-state index contributed by atoms with van der Waals surface area (Å²) < 4.78 is 53.7. The van der Waals surface area contributed by atoms with Gasteiger partial charge >= 0.3 is 6.18 Å². The van der Waals surface area contributed by atoms with Gasteiger partial charge in [-0.05, 0) is 12.1 Å². The second-order valence-electron chi connectivity index (χ2n) is 5.89. The van der Waals surface area contributed by atoms with Crippen LogP contribution in [0.5, 0.6) is 0 Å². The number of allylic oxidation sites excluding steroid dienone is 1. The molecule has 0 N–H and O–H groups in total. The maximum Gasteiger partial charge on any atom is 0.416 e. The molecule has 0 amide bonds. The van der Waals surface area contributed by atoms with Crippen LogP contribution in [0, 0.1) is 11.3 Å². The number of benzene rings is 1. The van der Waals surface area contributed by atoms with Crippen LogP contribution in [-0.2, 0) is 6.18 Å². The summed E-state index contributed by atoms with van der Waals surface area (Å²) in [6.45, 7) is 3.51. The maximum atomic E-state index is 13.7. The number of aliphatic imine (C=N–C) groups is 1. The average molecular weight is 469 g/mol. The van der Waals surface area contributed by atoms with Crippen LogP contribution in [0.3, 0.4) is 0 Å². The molecule has 29 heavy (non-hydrogen) atoms. The highest BCUT2D eigenvalue weighted by molar-refractivity contribution is 6.38. The van der Waals surface area contributed by atoms with Gasteiger partial charge in [-0.1, -0.05) is 41.4 Å². The molecule has 0 spiro atoms. The van der Waals surface area contributed by atoms with Gasteiger partial charge in [-0.25, -0.2) is 14.1 Å². The zero-order chi connectivity index (χ0) is 22.1. The molecule has 0 aliphatic carbocycles. The Kier molecular flexibility index (Phi) is 6.83. The number of aromatic nitrogens is 2. The van der Waals surface area contributed by atoms with Gasteiger partial charge in [0.05, 0.1) is 27.5 Å². The van der Waals surface area contributed by atoms with Gasteiger partial charge in [0.15, 0.2) is 17.1 Å². The van der Waals surface area contributed by atoms with Crippen molar-refractivity contribution < 1.29 is 17.6 Å². The molecule has 0 saturated carbocycles. The van der Waals surface area contributed by atoms with Crippen LogP contribution < -0.4 is 0 Å². The van der Waals surface area contributed by atoms with E-state index in [0.717, 1.165) is 4.68 Å². The van der Waals surface area contributed by atoms with E-state index < -0.39 is 27.4 Å². The number of nitrogens with zero attached hydrogens (tertiary/aromatic N) is 5. The molecule has 1 unspecified atom stereocenters. The van der Waals surface area contributed by atoms with Crippen LogP contribution in [0.25, 0.3) is 11.3 Å². The third kappa shape index (κ3) is 4.83. The van der Waals surface area contributed by atoms with Crippen molar-refractivity contribution in [2.45, 2.75) is 11.8 Å². The van der Waals surface area contributed by atoms with Gasteiger partial charge in [-0.3, -0.25) is 0 Å². The molecule has 0 saturated heterocycles. The normalized spacial score (nSPS) is 12.8. The number of rotatable bonds is 5. The van der Waals surface area contributed by atoms with Crippen molar-refractivity contribution in [2.75, 3.05) is 14.1 Å². The highest BCUT2D eigenvalue weighted by Crippen LogP contribution is 2.41. The fourth-order valence-corrected chi connectivity index (χ4v) is 3.03. The molecular formula is C17H12Cl3F4N5. The molecule has 2 aromatic rings. The molecule has 0 radical (unpaired) electrons. The van der Waals surface area contributed by atoms with E-state index in [1.165, 1.54) is 11.2 Å². The fourth-order valence-electron chi connectivity index (χ4n) is 2.27. The highest BCUT2D eigenvalue weighted by atomic mass is 35.5. The molecule has 0 aliphatic heterocycles. The fraction of sp³-hybridized carbons (Fsp3) is 0.235. The summed E-state index contributed by atoms with van der Waals surface area (Å²) in [7, 11) is 3.28. The number of hydrogen-bond acceptors (Lipinski definition) is 3. The number of alkyl halides is 5. The van der Waals surface area contributed by atoms with Crippen molar-refractivity contribution >= 4 is 52.5 Å². The van der Waals surface area contributed by atoms with Crippen molar-refractivity contribution in [2.24, 2.45) is 4.99 Å². The quantitative estimate of drug-likeness (QED) is 0.240. The van der Waals surface area contributed by atoms with E-state index >= 15 is 0 Å². The summed E-state index contributed by atoms with van der Waals surface area (Å²) in [4.78, 5) is 5.66. The SMILES string of the molecule is C=C(c1c(C#N)nn(-c2c(Cl)cc(C(F)(F)F)cc2Cl)c1/N=C\N(C)C)C(F)Cl. The van der Waals surface area contributed by atoms with Gasteiger partial charge in [0, 0.05) is 19.7 Å². The molecule has 1 atom stereocenters. The smallest absolute Gasteiger partial charge is 0.369 e. The molecule has 1 heterocycles. The first-order valence-electron chi connectivity index (χ1n) is 7.66. The lowest BCUT2D eigenvalue weighted by atomic mass is 10.1. The van der Waals surface area contributed by atoms with E-state index in [0.29, 0.717) is 12.1 Å². The van der Waals surface area contributed by atoms with Gasteiger partial charge in [-0.2, -0.15) is 23.5 Å². The van der Waals surface area contributed by atoms with Crippen LogP contribution in [-0.4, -0.2) is 40.7 Å². The van der Waals surface area contributed by atoms with Gasteiger partial charge in [0.1, 0.15) is 11.8 Å². The number of nitriles is 1. The molecule has 0 fully saturated rings. The molecule has 2 rings (SSSR count). The van der Waals surface area contributed by atoms with Gasteiger partial charge in [-0.15, -0.1) is 0 Å². The molecule has 0 aliphatic rings. The minimum absolute atomic E-state index is 0.125. The summed E-state index contributed by atoms with van der Waals surface area (Å²) in [5, 5.41) is 12.6. The van der Waals surface area contributed by atoms with Crippen LogP contribution in [0.4, 0.5) is 23.4 Å². The van der Waals surface area contributed by atoms with Crippen molar-refractivity contribution in [1.82, 2.24) is 14.7 Å². The third-order valence-electron chi connectivity index (χ3n) is 3.52. The summed E-state index contributed by atoms with van der Waals surface area (Å²) in [5.41, 5.74) is -4.05. The Morgan fingerprint density at radius 2 is 1.90 bits per heavy atom. The third-order valence-corrected chi connectivity index (χ3v) is 4.36. The van der Waals surface area contributed by atoms with Crippen molar-refractivity contribution in [3.63, 3.8) is 0 Å². The lowest BCUT2D eigenvalue weighted by molar-refractivity contribution is -0.137. The van der Waals surface area contributed by atoms with E-state index in [1.807, 2.05) is 0 Å². The van der Waals surface area contributed by atoms with E-state index in [1.54, 1.807) is 20.2 Å². The first kappa shape index (κ1) is 23.0. The van der Waals surface area contributed by atoms with E-state index in [9.17, 15) is 22.8 Å². The highest BCUT2D eigenvalue weighted by Gasteiger charge is 2.33. The lowest BCUT2D eigenvalue weighted by Gasteiger charge is -2.14. The molecule has 5 nitrogen and oxygen atoms in total. The molecular weight excluding hydrogens is 457 g/mol. The topological polar surface area (TPSA) is 57.2 Å². The molecule has 154 valence electrons. The molecule has 1 aromatic carbocycles. The predicted molar refractivity (Wildman–Crippen MR) is 105 cm³/mol. The number of hydrogen-bond donors (Lipinski definition) is 0. The Bertz CT molecular complexity index is 996. The molecule has 1 aromatic heterocycles. The summed E-state index contributed by atoms with van der Waals surface area (Å²) in [6.07, 6.45) is -3.38. The summed E-state index contributed by atoms with van der Waals surface area (Å²) in [6, 6.07) is 3.07. The van der Waals surface area contributed by atoms with Crippen molar-refractivity contribution in [3.05, 3.63) is 45.6 Å². The monoisotopic (exact) mass is 467 g/mol. The average Bonchev–Trinajstić information content (AvgIpc) is 2.95. The number of halogens is 7. The van der Waals surface area contributed by atoms with Crippen LogP contribution in [0.2, 0.25) is 10.0 Å². The van der Waals surface area contributed by atoms with Crippen LogP contribution >= 0.6 is 34.8 Å². The van der Waals surface area contributed by atoms with E-state index in [-0.39, 0.29) is 28.3 Å². The Balaban J connectivity index is 2.87. The van der Waals surface area contributed by atoms with Crippen LogP contribution in [0.1, 0.15) is 16.8 Å². The molecule has 12 heteroatoms.